The molecule has 1 amide bonds. The number of amides is 1. The van der Waals surface area contributed by atoms with Gasteiger partial charge in [-0.3, -0.25) is 4.79 Å². The predicted octanol–water partition coefficient (Wildman–Crippen LogP) is 3.29. The third-order valence-corrected chi connectivity index (χ3v) is 3.33. The first-order valence-corrected chi connectivity index (χ1v) is 8.30. The number of hydrogen-bond acceptors (Lipinski definition) is 6. The van der Waals surface area contributed by atoms with Crippen LogP contribution in [0.2, 0.25) is 0 Å². The van der Waals surface area contributed by atoms with Crippen LogP contribution < -0.4 is 15.4 Å². The lowest BCUT2D eigenvalue weighted by atomic mass is 10.1. The molecule has 1 unspecified atom stereocenters. The van der Waals surface area contributed by atoms with Crippen molar-refractivity contribution >= 4 is 18.0 Å². The quantitative estimate of drug-likeness (QED) is 0.555. The van der Waals surface area contributed by atoms with Gasteiger partial charge in [0.15, 0.2) is 12.4 Å². The number of aromatic nitrogens is 2. The molecule has 0 fully saturated rings. The number of aldehydes is 1. The van der Waals surface area contributed by atoms with Gasteiger partial charge in [-0.1, -0.05) is 0 Å². The van der Waals surface area contributed by atoms with E-state index in [4.69, 9.17) is 4.79 Å². The SMILES string of the molecule is CC=O.CNc1cc(C(=O)NC(C)c2cnc(OCC(F)(F)F)c(F)c2)ccn1. The lowest BCUT2D eigenvalue weighted by Gasteiger charge is -2.15. The molecule has 0 bridgehead atoms. The van der Waals surface area contributed by atoms with E-state index in [9.17, 15) is 22.4 Å². The van der Waals surface area contributed by atoms with E-state index in [0.29, 0.717) is 11.4 Å². The molecule has 2 aromatic rings. The molecule has 2 rings (SSSR count). The standard InChI is InChI=1S/C16H16F4N4O2.C2H4O/c1-9(24-14(25)10-3-4-22-13(6-10)21-2)11-5-12(17)15(23-7-11)26-8-16(18,19)20;1-2-3/h3-7,9H,8H2,1-2H3,(H,21,22)(H,24,25);2H,1H3. The monoisotopic (exact) mass is 416 g/mol. The van der Waals surface area contributed by atoms with E-state index in [2.05, 4.69) is 25.3 Å². The first-order chi connectivity index (χ1) is 13.6. The lowest BCUT2D eigenvalue weighted by Crippen LogP contribution is -2.27. The molecule has 29 heavy (non-hydrogen) atoms. The van der Waals surface area contributed by atoms with Crippen molar-refractivity contribution < 1.29 is 31.9 Å². The molecule has 0 aliphatic carbocycles. The van der Waals surface area contributed by atoms with Gasteiger partial charge in [-0.05, 0) is 37.6 Å². The summed E-state index contributed by atoms with van der Waals surface area (Å²) in [7, 11) is 1.66. The molecule has 2 heterocycles. The number of alkyl halides is 3. The van der Waals surface area contributed by atoms with Gasteiger partial charge in [0, 0.05) is 25.0 Å². The Morgan fingerprint density at radius 1 is 1.31 bits per heavy atom. The van der Waals surface area contributed by atoms with Gasteiger partial charge in [-0.2, -0.15) is 13.2 Å². The van der Waals surface area contributed by atoms with Gasteiger partial charge < -0.3 is 20.2 Å². The number of halogens is 4. The Labute approximate surface area is 164 Å². The molecule has 2 N–H and O–H groups in total. The fourth-order valence-electron chi connectivity index (χ4n) is 2.01. The summed E-state index contributed by atoms with van der Waals surface area (Å²) in [5.74, 6) is -1.72. The van der Waals surface area contributed by atoms with Crippen molar-refractivity contribution in [1.29, 1.82) is 0 Å². The summed E-state index contributed by atoms with van der Waals surface area (Å²) in [6.45, 7) is 1.39. The summed E-state index contributed by atoms with van der Waals surface area (Å²) < 4.78 is 54.5. The van der Waals surface area contributed by atoms with Crippen LogP contribution in [-0.2, 0) is 4.79 Å². The van der Waals surface area contributed by atoms with Gasteiger partial charge in [0.2, 0.25) is 0 Å². The van der Waals surface area contributed by atoms with Crippen LogP contribution in [0.4, 0.5) is 23.4 Å². The van der Waals surface area contributed by atoms with Crippen LogP contribution in [0.5, 0.6) is 5.88 Å². The lowest BCUT2D eigenvalue weighted by molar-refractivity contribution is -0.154. The number of ether oxygens (including phenoxy) is 1. The molecule has 2 aromatic heterocycles. The number of anilines is 1. The number of pyridine rings is 2. The molecular formula is C18H20F4N4O3. The number of hydrogen-bond donors (Lipinski definition) is 2. The van der Waals surface area contributed by atoms with Crippen LogP contribution in [0.15, 0.2) is 30.6 Å². The first-order valence-electron chi connectivity index (χ1n) is 8.30. The molecule has 1 atom stereocenters. The maximum Gasteiger partial charge on any atom is 0.422 e. The topological polar surface area (TPSA) is 93.2 Å². The van der Waals surface area contributed by atoms with Gasteiger partial charge in [0.1, 0.15) is 12.1 Å². The van der Waals surface area contributed by atoms with E-state index >= 15 is 0 Å². The number of carbonyl (C=O) groups excluding carboxylic acids is 2. The second-order valence-electron chi connectivity index (χ2n) is 5.57. The van der Waals surface area contributed by atoms with Crippen molar-refractivity contribution in [3.63, 3.8) is 0 Å². The highest BCUT2D eigenvalue weighted by atomic mass is 19.4. The zero-order chi connectivity index (χ0) is 22.0. The molecule has 158 valence electrons. The minimum atomic E-state index is -4.59. The van der Waals surface area contributed by atoms with E-state index in [1.165, 1.54) is 25.3 Å². The number of nitrogens with zero attached hydrogens (tertiary/aromatic N) is 2. The second-order valence-corrected chi connectivity index (χ2v) is 5.57. The largest absolute Gasteiger partial charge is 0.466 e. The third-order valence-electron chi connectivity index (χ3n) is 3.33. The Morgan fingerprint density at radius 3 is 2.52 bits per heavy atom. The summed E-state index contributed by atoms with van der Waals surface area (Å²) in [4.78, 5) is 28.6. The smallest absolute Gasteiger partial charge is 0.422 e. The van der Waals surface area contributed by atoms with Gasteiger partial charge >= 0.3 is 6.18 Å². The summed E-state index contributed by atoms with van der Waals surface area (Å²) >= 11 is 0. The molecule has 0 radical (unpaired) electrons. The Balaban J connectivity index is 0.00000132. The minimum absolute atomic E-state index is 0.276. The van der Waals surface area contributed by atoms with E-state index < -0.39 is 36.4 Å². The average molecular weight is 416 g/mol. The van der Waals surface area contributed by atoms with Gasteiger partial charge in [0.25, 0.3) is 11.8 Å². The maximum absolute atomic E-state index is 13.9. The van der Waals surface area contributed by atoms with Crippen LogP contribution in [-0.4, -0.2) is 42.0 Å². The average Bonchev–Trinajstić information content (AvgIpc) is 2.66. The zero-order valence-electron chi connectivity index (χ0n) is 15.9. The molecular weight excluding hydrogens is 396 g/mol. The normalized spacial score (nSPS) is 11.6. The second kappa shape index (κ2) is 10.9. The number of rotatable bonds is 6. The fourth-order valence-corrected chi connectivity index (χ4v) is 2.01. The Morgan fingerprint density at radius 2 is 1.97 bits per heavy atom. The number of nitrogens with one attached hydrogen (secondary N) is 2. The van der Waals surface area contributed by atoms with Crippen LogP contribution in [0.1, 0.15) is 35.8 Å². The fraction of sp³-hybridized carbons (Fsp3) is 0.333. The molecule has 0 spiro atoms. The molecule has 0 aliphatic heterocycles. The maximum atomic E-state index is 13.9. The molecule has 0 saturated carbocycles. The van der Waals surface area contributed by atoms with Crippen molar-refractivity contribution in [2.45, 2.75) is 26.1 Å². The van der Waals surface area contributed by atoms with Crippen LogP contribution in [0.25, 0.3) is 0 Å². The highest BCUT2D eigenvalue weighted by Gasteiger charge is 2.29. The molecule has 0 aliphatic rings. The molecule has 0 saturated heterocycles. The van der Waals surface area contributed by atoms with E-state index in [1.54, 1.807) is 14.0 Å². The van der Waals surface area contributed by atoms with Crippen molar-refractivity contribution in [3.05, 3.63) is 47.5 Å². The van der Waals surface area contributed by atoms with Crippen molar-refractivity contribution in [1.82, 2.24) is 15.3 Å². The molecule has 7 nitrogen and oxygen atoms in total. The molecule has 0 aromatic carbocycles. The van der Waals surface area contributed by atoms with Gasteiger partial charge in [-0.15, -0.1) is 0 Å². The van der Waals surface area contributed by atoms with Gasteiger partial charge in [-0.25, -0.2) is 14.4 Å². The van der Waals surface area contributed by atoms with E-state index in [0.717, 1.165) is 18.5 Å². The summed E-state index contributed by atoms with van der Waals surface area (Å²) in [5.41, 5.74) is 0.618. The molecule has 11 heteroatoms. The van der Waals surface area contributed by atoms with Crippen molar-refractivity contribution in [2.24, 2.45) is 0 Å². The summed E-state index contributed by atoms with van der Waals surface area (Å²) in [5, 5.41) is 5.44. The van der Waals surface area contributed by atoms with Crippen LogP contribution in [0, 0.1) is 5.82 Å². The highest BCUT2D eigenvalue weighted by Crippen LogP contribution is 2.22. The Kier molecular flexibility index (Phi) is 8.97. The summed E-state index contributed by atoms with van der Waals surface area (Å²) in [6.07, 6.45) is -1.24. The summed E-state index contributed by atoms with van der Waals surface area (Å²) in [6, 6.07) is 3.38. The van der Waals surface area contributed by atoms with E-state index in [1.807, 2.05) is 0 Å². The van der Waals surface area contributed by atoms with Crippen LogP contribution in [0.3, 0.4) is 0 Å². The predicted molar refractivity (Wildman–Crippen MR) is 97.1 cm³/mol. The van der Waals surface area contributed by atoms with Crippen LogP contribution >= 0.6 is 0 Å². The number of carbonyl (C=O) groups is 2. The first kappa shape index (κ1) is 23.8. The van der Waals surface area contributed by atoms with Crippen molar-refractivity contribution in [3.8, 4) is 5.88 Å². The zero-order valence-corrected chi connectivity index (χ0v) is 15.9. The highest BCUT2D eigenvalue weighted by molar-refractivity contribution is 5.95. The minimum Gasteiger partial charge on any atom is -0.466 e. The van der Waals surface area contributed by atoms with Gasteiger partial charge in [0.05, 0.1) is 6.04 Å². The Hall–Kier alpha value is -3.24. The Bertz CT molecular complexity index is 831. The third kappa shape index (κ3) is 8.11. The van der Waals surface area contributed by atoms with Crippen molar-refractivity contribution in [2.75, 3.05) is 19.0 Å². The van der Waals surface area contributed by atoms with E-state index in [-0.39, 0.29) is 5.56 Å².